The van der Waals surface area contributed by atoms with Crippen molar-refractivity contribution in [2.45, 2.75) is 0 Å². The summed E-state index contributed by atoms with van der Waals surface area (Å²) in [6.07, 6.45) is 1.37. The van der Waals surface area contributed by atoms with Crippen molar-refractivity contribution in [1.29, 1.82) is 0 Å². The monoisotopic (exact) mass is 339 g/mol. The standard InChI is InChI=1S/C17H10ClN3OS/c18-15-9-16(20-10-19-15)22-12-7-5-11(6-8-12)17-21-13-3-1-2-4-14(13)23-17/h1-10H. The van der Waals surface area contributed by atoms with Gasteiger partial charge in [-0.2, -0.15) is 0 Å². The number of aromatic nitrogens is 3. The van der Waals surface area contributed by atoms with Gasteiger partial charge in [0.1, 0.15) is 22.2 Å². The first-order valence-corrected chi connectivity index (χ1v) is 8.09. The summed E-state index contributed by atoms with van der Waals surface area (Å²) in [5.41, 5.74) is 2.07. The van der Waals surface area contributed by atoms with Gasteiger partial charge >= 0.3 is 0 Å². The van der Waals surface area contributed by atoms with Crippen molar-refractivity contribution >= 4 is 33.2 Å². The molecular weight excluding hydrogens is 330 g/mol. The van der Waals surface area contributed by atoms with Crippen LogP contribution in [0.25, 0.3) is 20.8 Å². The molecule has 0 fully saturated rings. The zero-order chi connectivity index (χ0) is 15.6. The van der Waals surface area contributed by atoms with Gasteiger partial charge in [0.2, 0.25) is 5.88 Å². The summed E-state index contributed by atoms with van der Waals surface area (Å²) in [6, 6.07) is 17.4. The molecule has 2 heterocycles. The summed E-state index contributed by atoms with van der Waals surface area (Å²) < 4.78 is 6.84. The predicted molar refractivity (Wildman–Crippen MR) is 92.2 cm³/mol. The number of fused-ring (bicyclic) bond motifs is 1. The number of nitrogens with zero attached hydrogens (tertiary/aromatic N) is 3. The van der Waals surface area contributed by atoms with Gasteiger partial charge in [-0.15, -0.1) is 11.3 Å². The molecule has 4 rings (SSSR count). The van der Waals surface area contributed by atoms with Crippen LogP contribution in [0, 0.1) is 0 Å². The Labute approximate surface area is 141 Å². The maximum Gasteiger partial charge on any atom is 0.223 e. The van der Waals surface area contributed by atoms with Crippen LogP contribution in [0.15, 0.2) is 60.9 Å². The Bertz CT molecular complexity index is 936. The molecule has 4 aromatic rings. The second-order valence-electron chi connectivity index (χ2n) is 4.79. The lowest BCUT2D eigenvalue weighted by atomic mass is 10.2. The molecule has 0 saturated carbocycles. The first-order chi connectivity index (χ1) is 11.3. The first kappa shape index (κ1) is 14.1. The molecule has 2 aromatic carbocycles. The molecule has 0 aliphatic carbocycles. The maximum atomic E-state index is 5.82. The lowest BCUT2D eigenvalue weighted by Crippen LogP contribution is -1.88. The molecule has 2 aromatic heterocycles. The van der Waals surface area contributed by atoms with Crippen LogP contribution in [0.4, 0.5) is 0 Å². The van der Waals surface area contributed by atoms with Gasteiger partial charge < -0.3 is 4.74 Å². The molecule has 0 unspecified atom stereocenters. The summed E-state index contributed by atoms with van der Waals surface area (Å²) in [4.78, 5) is 12.5. The normalized spacial score (nSPS) is 10.8. The molecule has 23 heavy (non-hydrogen) atoms. The van der Waals surface area contributed by atoms with E-state index in [9.17, 15) is 0 Å². The van der Waals surface area contributed by atoms with Crippen molar-refractivity contribution in [3.63, 3.8) is 0 Å². The van der Waals surface area contributed by atoms with Crippen molar-refractivity contribution < 1.29 is 4.74 Å². The fourth-order valence-corrected chi connectivity index (χ4v) is 3.26. The molecular formula is C17H10ClN3OS. The van der Waals surface area contributed by atoms with E-state index in [0.29, 0.717) is 16.8 Å². The van der Waals surface area contributed by atoms with E-state index in [4.69, 9.17) is 16.3 Å². The van der Waals surface area contributed by atoms with Crippen LogP contribution in [0.1, 0.15) is 0 Å². The zero-order valence-corrected chi connectivity index (χ0v) is 13.4. The number of hydrogen-bond donors (Lipinski definition) is 0. The van der Waals surface area contributed by atoms with Crippen molar-refractivity contribution in [3.05, 3.63) is 66.1 Å². The minimum absolute atomic E-state index is 0.348. The number of para-hydroxylation sites is 1. The van der Waals surface area contributed by atoms with Gasteiger partial charge in [-0.05, 0) is 36.4 Å². The molecule has 0 amide bonds. The van der Waals surface area contributed by atoms with Gasteiger partial charge in [0.05, 0.1) is 10.2 Å². The van der Waals surface area contributed by atoms with Crippen molar-refractivity contribution in [2.24, 2.45) is 0 Å². The molecule has 0 bridgehead atoms. The number of ether oxygens (including phenoxy) is 1. The minimum Gasteiger partial charge on any atom is -0.439 e. The zero-order valence-electron chi connectivity index (χ0n) is 11.8. The summed E-state index contributed by atoms with van der Waals surface area (Å²) in [6.45, 7) is 0. The van der Waals surface area contributed by atoms with E-state index >= 15 is 0 Å². The molecule has 0 atom stereocenters. The molecule has 4 nitrogen and oxygen atoms in total. The van der Waals surface area contributed by atoms with E-state index in [-0.39, 0.29) is 0 Å². The number of hydrogen-bond acceptors (Lipinski definition) is 5. The average Bonchev–Trinajstić information content (AvgIpc) is 2.99. The Morgan fingerprint density at radius 3 is 2.57 bits per heavy atom. The molecule has 0 N–H and O–H groups in total. The van der Waals surface area contributed by atoms with Gasteiger partial charge in [-0.25, -0.2) is 15.0 Å². The number of benzene rings is 2. The number of rotatable bonds is 3. The number of halogens is 1. The van der Waals surface area contributed by atoms with E-state index in [0.717, 1.165) is 16.1 Å². The summed E-state index contributed by atoms with van der Waals surface area (Å²) in [5, 5.41) is 1.34. The SMILES string of the molecule is Clc1cc(Oc2ccc(-c3nc4ccccc4s3)cc2)ncn1. The third-order valence-corrected chi connectivity index (χ3v) is 4.52. The van der Waals surface area contributed by atoms with Gasteiger partial charge in [0, 0.05) is 11.6 Å². The topological polar surface area (TPSA) is 47.9 Å². The molecule has 0 spiro atoms. The van der Waals surface area contributed by atoms with E-state index in [2.05, 4.69) is 21.0 Å². The predicted octanol–water partition coefficient (Wildman–Crippen LogP) is 5.20. The van der Waals surface area contributed by atoms with Crippen molar-refractivity contribution in [3.8, 4) is 22.2 Å². The fraction of sp³-hybridized carbons (Fsp3) is 0. The average molecular weight is 340 g/mol. The van der Waals surface area contributed by atoms with Crippen LogP contribution in [0.2, 0.25) is 5.15 Å². The lowest BCUT2D eigenvalue weighted by Gasteiger charge is -2.04. The molecule has 0 aliphatic heterocycles. The van der Waals surface area contributed by atoms with Gasteiger partial charge in [-0.1, -0.05) is 23.7 Å². The van der Waals surface area contributed by atoms with Gasteiger partial charge in [-0.3, -0.25) is 0 Å². The Morgan fingerprint density at radius 1 is 0.957 bits per heavy atom. The maximum absolute atomic E-state index is 5.82. The molecule has 0 saturated heterocycles. The fourth-order valence-electron chi connectivity index (χ4n) is 2.16. The van der Waals surface area contributed by atoms with Crippen molar-refractivity contribution in [1.82, 2.24) is 15.0 Å². The largest absolute Gasteiger partial charge is 0.439 e. The van der Waals surface area contributed by atoms with Gasteiger partial charge in [0.25, 0.3) is 0 Å². The Hall–Kier alpha value is -2.50. The van der Waals surface area contributed by atoms with Crippen LogP contribution in [0.3, 0.4) is 0 Å². The molecule has 112 valence electrons. The minimum atomic E-state index is 0.348. The Morgan fingerprint density at radius 2 is 1.78 bits per heavy atom. The van der Waals surface area contributed by atoms with Gasteiger partial charge in [0.15, 0.2) is 0 Å². The third-order valence-electron chi connectivity index (χ3n) is 3.23. The third kappa shape index (κ3) is 3.02. The van der Waals surface area contributed by atoms with E-state index in [1.54, 1.807) is 17.4 Å². The number of thiazole rings is 1. The highest BCUT2D eigenvalue weighted by Crippen LogP contribution is 2.31. The van der Waals surface area contributed by atoms with Crippen LogP contribution < -0.4 is 4.74 Å². The summed E-state index contributed by atoms with van der Waals surface area (Å²) in [5.74, 6) is 1.10. The Balaban J connectivity index is 1.60. The summed E-state index contributed by atoms with van der Waals surface area (Å²) in [7, 11) is 0. The highest BCUT2D eigenvalue weighted by atomic mass is 35.5. The molecule has 6 heteroatoms. The van der Waals surface area contributed by atoms with Crippen LogP contribution in [-0.4, -0.2) is 15.0 Å². The quantitative estimate of drug-likeness (QED) is 0.481. The smallest absolute Gasteiger partial charge is 0.223 e. The van der Waals surface area contributed by atoms with Crippen LogP contribution in [0.5, 0.6) is 11.6 Å². The Kier molecular flexibility index (Phi) is 3.65. The van der Waals surface area contributed by atoms with E-state index < -0.39 is 0 Å². The highest BCUT2D eigenvalue weighted by Gasteiger charge is 2.06. The first-order valence-electron chi connectivity index (χ1n) is 6.89. The van der Waals surface area contributed by atoms with Crippen LogP contribution in [-0.2, 0) is 0 Å². The molecule has 0 radical (unpaired) electrons. The van der Waals surface area contributed by atoms with E-state index in [1.807, 2.05) is 42.5 Å². The van der Waals surface area contributed by atoms with Crippen molar-refractivity contribution in [2.75, 3.05) is 0 Å². The second kappa shape index (κ2) is 5.95. The summed E-state index contributed by atoms with van der Waals surface area (Å²) >= 11 is 7.49. The van der Waals surface area contributed by atoms with Crippen LogP contribution >= 0.6 is 22.9 Å². The highest BCUT2D eigenvalue weighted by molar-refractivity contribution is 7.21. The van der Waals surface area contributed by atoms with E-state index in [1.165, 1.54) is 11.0 Å². The molecule has 0 aliphatic rings. The second-order valence-corrected chi connectivity index (χ2v) is 6.21. The lowest BCUT2D eigenvalue weighted by molar-refractivity contribution is 0.461.